The van der Waals surface area contributed by atoms with E-state index in [9.17, 15) is 5.02 Å². The Bertz CT molecular complexity index is 458. The monoisotopic (exact) mass is 294 g/mol. The average Bonchev–Trinajstić information content (AvgIpc) is 2.70. The van der Waals surface area contributed by atoms with E-state index in [2.05, 4.69) is 27.0 Å². The summed E-state index contributed by atoms with van der Waals surface area (Å²) in [5.74, 6) is 0.865. The fourth-order valence-corrected chi connectivity index (χ4v) is 3.90. The predicted molar refractivity (Wildman–Crippen MR) is 81.0 cm³/mol. The molecular formula is C13H20BClN4O. The lowest BCUT2D eigenvalue weighted by atomic mass is 9.78. The molecule has 0 saturated carbocycles. The summed E-state index contributed by atoms with van der Waals surface area (Å²) < 4.78 is 0. The van der Waals surface area contributed by atoms with Crippen molar-refractivity contribution < 1.29 is 5.02 Å². The maximum atomic E-state index is 9.91. The maximum Gasteiger partial charge on any atom is 0.376 e. The Hall–Kier alpha value is -0.845. The lowest BCUT2D eigenvalue weighted by molar-refractivity contribution is 0.199. The first-order valence-corrected chi connectivity index (χ1v) is 7.61. The number of halogens is 1. The predicted octanol–water partition coefficient (Wildman–Crippen LogP) is 1.67. The van der Waals surface area contributed by atoms with E-state index >= 15 is 0 Å². The Morgan fingerprint density at radius 2 is 1.95 bits per heavy atom. The third-order valence-electron chi connectivity index (χ3n) is 4.72. The van der Waals surface area contributed by atoms with Crippen molar-refractivity contribution in [2.45, 2.75) is 50.6 Å². The molecule has 3 heterocycles. The van der Waals surface area contributed by atoms with Crippen molar-refractivity contribution >= 4 is 24.5 Å². The number of rotatable bonds is 3. The number of piperidine rings is 1. The second-order valence-corrected chi connectivity index (χ2v) is 6.30. The van der Waals surface area contributed by atoms with Gasteiger partial charge in [0, 0.05) is 25.2 Å². The highest BCUT2D eigenvalue weighted by molar-refractivity contribution is 6.45. The SMILES string of the molecule is CB(O)N1C2CCC1CC(N(C)c1ccc(Cl)nn1)C2. The van der Waals surface area contributed by atoms with Gasteiger partial charge >= 0.3 is 7.05 Å². The van der Waals surface area contributed by atoms with Crippen LogP contribution in [-0.4, -0.2) is 52.3 Å². The molecular weight excluding hydrogens is 274 g/mol. The molecule has 20 heavy (non-hydrogen) atoms. The highest BCUT2D eigenvalue weighted by Gasteiger charge is 2.44. The Morgan fingerprint density at radius 1 is 1.30 bits per heavy atom. The van der Waals surface area contributed by atoms with Gasteiger partial charge < -0.3 is 14.7 Å². The molecule has 108 valence electrons. The van der Waals surface area contributed by atoms with Crippen LogP contribution in [0.5, 0.6) is 0 Å². The number of hydrogen-bond donors (Lipinski definition) is 1. The number of anilines is 1. The molecule has 0 spiro atoms. The molecule has 1 aromatic rings. The summed E-state index contributed by atoms with van der Waals surface area (Å²) in [6, 6.07) is 5.12. The maximum absolute atomic E-state index is 9.91. The lowest BCUT2D eigenvalue weighted by Crippen LogP contribution is -2.54. The zero-order valence-corrected chi connectivity index (χ0v) is 12.7. The third-order valence-corrected chi connectivity index (χ3v) is 4.92. The van der Waals surface area contributed by atoms with Crippen molar-refractivity contribution in [1.29, 1.82) is 0 Å². The largest absolute Gasteiger partial charge is 0.437 e. The Morgan fingerprint density at radius 3 is 2.45 bits per heavy atom. The van der Waals surface area contributed by atoms with Gasteiger partial charge in [-0.2, -0.15) is 0 Å². The van der Waals surface area contributed by atoms with E-state index in [1.165, 1.54) is 12.8 Å². The van der Waals surface area contributed by atoms with Crippen LogP contribution in [0.25, 0.3) is 0 Å². The molecule has 2 aliphatic heterocycles. The van der Waals surface area contributed by atoms with Crippen LogP contribution in [0.4, 0.5) is 5.82 Å². The first-order valence-electron chi connectivity index (χ1n) is 7.24. The van der Waals surface area contributed by atoms with Gasteiger partial charge in [-0.05, 0) is 44.6 Å². The topological polar surface area (TPSA) is 52.5 Å². The van der Waals surface area contributed by atoms with Crippen molar-refractivity contribution in [3.63, 3.8) is 0 Å². The van der Waals surface area contributed by atoms with Crippen LogP contribution < -0.4 is 4.90 Å². The lowest BCUT2D eigenvalue weighted by Gasteiger charge is -2.43. The molecule has 2 aliphatic rings. The van der Waals surface area contributed by atoms with Gasteiger partial charge in [0.2, 0.25) is 0 Å². The second kappa shape index (κ2) is 5.50. The summed E-state index contributed by atoms with van der Waals surface area (Å²) in [5, 5.41) is 18.4. The molecule has 1 aromatic heterocycles. The molecule has 5 nitrogen and oxygen atoms in total. The average molecular weight is 295 g/mol. The summed E-state index contributed by atoms with van der Waals surface area (Å²) >= 11 is 5.79. The molecule has 2 saturated heterocycles. The van der Waals surface area contributed by atoms with E-state index in [0.29, 0.717) is 23.3 Å². The minimum absolute atomic E-state index is 0.339. The fraction of sp³-hybridized carbons (Fsp3) is 0.692. The highest BCUT2D eigenvalue weighted by Crippen LogP contribution is 2.38. The number of fused-ring (bicyclic) bond motifs is 2. The van der Waals surface area contributed by atoms with Crippen LogP contribution in [0.2, 0.25) is 12.0 Å². The number of nitrogens with zero attached hydrogens (tertiary/aromatic N) is 4. The highest BCUT2D eigenvalue weighted by atomic mass is 35.5. The van der Waals surface area contributed by atoms with Gasteiger partial charge in [-0.15, -0.1) is 10.2 Å². The van der Waals surface area contributed by atoms with Gasteiger partial charge in [0.25, 0.3) is 0 Å². The van der Waals surface area contributed by atoms with E-state index in [1.54, 1.807) is 6.07 Å². The standard InChI is InChI=1S/C13H20BClN4O/c1-14(20)19-9-3-4-10(19)8-11(7-9)18(2)13-6-5-12(15)16-17-13/h5-6,9-11,20H,3-4,7-8H2,1-2H3. The van der Waals surface area contributed by atoms with Crippen molar-refractivity contribution in [3.8, 4) is 0 Å². The van der Waals surface area contributed by atoms with Crippen LogP contribution in [0.15, 0.2) is 12.1 Å². The molecule has 0 radical (unpaired) electrons. The summed E-state index contributed by atoms with van der Waals surface area (Å²) in [7, 11) is 1.73. The molecule has 2 bridgehead atoms. The Labute approximate surface area is 125 Å². The molecule has 0 aromatic carbocycles. The van der Waals surface area contributed by atoms with Crippen molar-refractivity contribution in [3.05, 3.63) is 17.3 Å². The minimum atomic E-state index is -0.339. The summed E-state index contributed by atoms with van der Waals surface area (Å²) in [6.07, 6.45) is 4.52. The second-order valence-electron chi connectivity index (χ2n) is 5.91. The number of hydrogen-bond acceptors (Lipinski definition) is 5. The molecule has 0 aliphatic carbocycles. The quantitative estimate of drug-likeness (QED) is 0.860. The van der Waals surface area contributed by atoms with E-state index in [-0.39, 0.29) is 7.05 Å². The summed E-state index contributed by atoms with van der Waals surface area (Å²) in [5.41, 5.74) is 0. The normalized spacial score (nSPS) is 29.5. The molecule has 0 amide bonds. The van der Waals surface area contributed by atoms with Crippen molar-refractivity contribution in [2.75, 3.05) is 11.9 Å². The molecule has 2 fully saturated rings. The van der Waals surface area contributed by atoms with Gasteiger partial charge in [0.05, 0.1) is 0 Å². The Balaban J connectivity index is 1.72. The smallest absolute Gasteiger partial charge is 0.376 e. The van der Waals surface area contributed by atoms with E-state index in [1.807, 2.05) is 12.9 Å². The summed E-state index contributed by atoms with van der Waals surface area (Å²) in [4.78, 5) is 4.48. The number of aromatic nitrogens is 2. The van der Waals surface area contributed by atoms with Gasteiger partial charge in [0.1, 0.15) is 0 Å². The van der Waals surface area contributed by atoms with Crippen LogP contribution in [-0.2, 0) is 0 Å². The van der Waals surface area contributed by atoms with Gasteiger partial charge in [-0.1, -0.05) is 11.6 Å². The van der Waals surface area contributed by atoms with E-state index < -0.39 is 0 Å². The van der Waals surface area contributed by atoms with Gasteiger partial charge in [-0.3, -0.25) is 0 Å². The van der Waals surface area contributed by atoms with Crippen LogP contribution >= 0.6 is 11.6 Å². The Kier molecular flexibility index (Phi) is 3.88. The molecule has 7 heteroatoms. The first kappa shape index (κ1) is 14.1. The van der Waals surface area contributed by atoms with Crippen LogP contribution in [0.1, 0.15) is 25.7 Å². The fourth-order valence-electron chi connectivity index (χ4n) is 3.80. The van der Waals surface area contributed by atoms with E-state index in [4.69, 9.17) is 11.6 Å². The van der Waals surface area contributed by atoms with Crippen LogP contribution in [0.3, 0.4) is 0 Å². The van der Waals surface area contributed by atoms with Crippen LogP contribution in [0, 0.1) is 0 Å². The third kappa shape index (κ3) is 2.52. The van der Waals surface area contributed by atoms with Gasteiger partial charge in [0.15, 0.2) is 11.0 Å². The van der Waals surface area contributed by atoms with E-state index in [0.717, 1.165) is 18.7 Å². The first-order chi connectivity index (χ1) is 9.56. The van der Waals surface area contributed by atoms with Crippen molar-refractivity contribution in [2.24, 2.45) is 0 Å². The molecule has 3 rings (SSSR count). The zero-order chi connectivity index (χ0) is 14.3. The molecule has 2 atom stereocenters. The zero-order valence-electron chi connectivity index (χ0n) is 11.9. The van der Waals surface area contributed by atoms with Gasteiger partial charge in [-0.25, -0.2) is 0 Å². The summed E-state index contributed by atoms with van der Waals surface area (Å²) in [6.45, 7) is 1.88. The minimum Gasteiger partial charge on any atom is -0.437 e. The molecule has 2 unspecified atom stereocenters. The molecule has 1 N–H and O–H groups in total. The van der Waals surface area contributed by atoms with Crippen molar-refractivity contribution in [1.82, 2.24) is 15.0 Å².